The molecule has 1 N–H and O–H groups in total. The van der Waals surface area contributed by atoms with Gasteiger partial charge in [-0.3, -0.25) is 0 Å². The van der Waals surface area contributed by atoms with Crippen molar-refractivity contribution < 1.29 is 0 Å². The maximum Gasteiger partial charge on any atom is -0.00148 e. The molecule has 1 atom stereocenters. The van der Waals surface area contributed by atoms with Crippen molar-refractivity contribution in [3.05, 3.63) is 35.4 Å². The van der Waals surface area contributed by atoms with Crippen LogP contribution in [0.5, 0.6) is 0 Å². The van der Waals surface area contributed by atoms with E-state index in [9.17, 15) is 0 Å². The molecule has 1 fully saturated rings. The third kappa shape index (κ3) is 3.57. The van der Waals surface area contributed by atoms with E-state index in [1.54, 1.807) is 0 Å². The molecule has 0 bridgehead atoms. The van der Waals surface area contributed by atoms with Crippen LogP contribution in [0, 0.1) is 18.8 Å². The first-order valence-corrected chi connectivity index (χ1v) is 7.06. The van der Waals surface area contributed by atoms with Crippen molar-refractivity contribution in [3.8, 4) is 0 Å². The molecular weight excluding hydrogens is 206 g/mol. The average molecular weight is 231 g/mol. The highest BCUT2D eigenvalue weighted by Gasteiger charge is 2.26. The van der Waals surface area contributed by atoms with Gasteiger partial charge in [0.05, 0.1) is 0 Å². The Kier molecular flexibility index (Phi) is 4.61. The van der Waals surface area contributed by atoms with E-state index < -0.39 is 0 Å². The van der Waals surface area contributed by atoms with E-state index in [4.69, 9.17) is 0 Å². The molecule has 1 saturated carbocycles. The molecule has 0 radical (unpaired) electrons. The summed E-state index contributed by atoms with van der Waals surface area (Å²) >= 11 is 0. The van der Waals surface area contributed by atoms with Crippen molar-refractivity contribution in [3.63, 3.8) is 0 Å². The lowest BCUT2D eigenvalue weighted by atomic mass is 9.73. The third-order valence-corrected chi connectivity index (χ3v) is 4.09. The highest BCUT2D eigenvalue weighted by atomic mass is 14.8. The van der Waals surface area contributed by atoms with E-state index in [-0.39, 0.29) is 0 Å². The smallest absolute Gasteiger partial charge is 0.00148 e. The van der Waals surface area contributed by atoms with E-state index in [0.29, 0.717) is 0 Å². The monoisotopic (exact) mass is 231 g/mol. The SMILES string of the molecule is CCNCC(Cc1ccc(C)cc1)C1CCC1. The third-order valence-electron chi connectivity index (χ3n) is 4.09. The predicted molar refractivity (Wildman–Crippen MR) is 74.3 cm³/mol. The van der Waals surface area contributed by atoms with Crippen molar-refractivity contribution in [1.82, 2.24) is 5.32 Å². The van der Waals surface area contributed by atoms with Crippen LogP contribution in [0.1, 0.15) is 37.3 Å². The normalized spacial score (nSPS) is 17.8. The Labute approximate surface area is 106 Å². The van der Waals surface area contributed by atoms with Gasteiger partial charge >= 0.3 is 0 Å². The molecule has 1 unspecified atom stereocenters. The Hall–Kier alpha value is -0.820. The fraction of sp³-hybridized carbons (Fsp3) is 0.625. The lowest BCUT2D eigenvalue weighted by molar-refractivity contribution is 0.200. The number of hydrogen-bond acceptors (Lipinski definition) is 1. The number of rotatable bonds is 6. The molecule has 17 heavy (non-hydrogen) atoms. The van der Waals surface area contributed by atoms with Gasteiger partial charge < -0.3 is 5.32 Å². The lowest BCUT2D eigenvalue weighted by Gasteiger charge is -2.34. The van der Waals surface area contributed by atoms with Gasteiger partial charge in [-0.05, 0) is 43.8 Å². The van der Waals surface area contributed by atoms with Crippen molar-refractivity contribution in [2.24, 2.45) is 11.8 Å². The first kappa shape index (κ1) is 12.6. The number of hydrogen-bond donors (Lipinski definition) is 1. The molecule has 0 aliphatic heterocycles. The molecule has 1 aromatic rings. The minimum atomic E-state index is 0.839. The fourth-order valence-corrected chi connectivity index (χ4v) is 2.67. The zero-order valence-electron chi connectivity index (χ0n) is 11.2. The molecule has 0 amide bonds. The van der Waals surface area contributed by atoms with Crippen LogP contribution in [-0.2, 0) is 6.42 Å². The Morgan fingerprint density at radius 3 is 2.47 bits per heavy atom. The van der Waals surface area contributed by atoms with E-state index in [2.05, 4.69) is 43.4 Å². The van der Waals surface area contributed by atoms with Gasteiger partial charge in [0, 0.05) is 0 Å². The van der Waals surface area contributed by atoms with E-state index >= 15 is 0 Å². The topological polar surface area (TPSA) is 12.0 Å². The highest BCUT2D eigenvalue weighted by molar-refractivity contribution is 5.21. The first-order valence-electron chi connectivity index (χ1n) is 7.06. The van der Waals surface area contributed by atoms with Crippen molar-refractivity contribution >= 4 is 0 Å². The van der Waals surface area contributed by atoms with Crippen LogP contribution in [0.4, 0.5) is 0 Å². The minimum absolute atomic E-state index is 0.839. The standard InChI is InChI=1S/C16H25N/c1-3-17-12-16(15-5-4-6-15)11-14-9-7-13(2)8-10-14/h7-10,15-17H,3-6,11-12H2,1-2H3. The number of benzene rings is 1. The van der Waals surface area contributed by atoms with Crippen LogP contribution < -0.4 is 5.32 Å². The van der Waals surface area contributed by atoms with Crippen LogP contribution in [0.25, 0.3) is 0 Å². The number of aryl methyl sites for hydroxylation is 1. The van der Waals surface area contributed by atoms with Crippen LogP contribution in [0.15, 0.2) is 24.3 Å². The molecule has 0 spiro atoms. The maximum absolute atomic E-state index is 3.53. The zero-order chi connectivity index (χ0) is 12.1. The minimum Gasteiger partial charge on any atom is -0.317 e. The van der Waals surface area contributed by atoms with E-state index in [0.717, 1.165) is 18.4 Å². The van der Waals surface area contributed by atoms with Gasteiger partial charge in [-0.1, -0.05) is 56.0 Å². The number of nitrogens with one attached hydrogen (secondary N) is 1. The van der Waals surface area contributed by atoms with Crippen molar-refractivity contribution in [2.45, 2.75) is 39.5 Å². The van der Waals surface area contributed by atoms with Crippen LogP contribution in [0.3, 0.4) is 0 Å². The summed E-state index contributed by atoms with van der Waals surface area (Å²) in [5, 5.41) is 3.53. The molecular formula is C16H25N. The second-order valence-electron chi connectivity index (χ2n) is 5.45. The average Bonchev–Trinajstić information content (AvgIpc) is 2.26. The Morgan fingerprint density at radius 2 is 1.94 bits per heavy atom. The fourth-order valence-electron chi connectivity index (χ4n) is 2.67. The van der Waals surface area contributed by atoms with Gasteiger partial charge in [0.1, 0.15) is 0 Å². The van der Waals surface area contributed by atoms with E-state index in [1.807, 2.05) is 0 Å². The Bertz CT molecular complexity index is 324. The second-order valence-corrected chi connectivity index (χ2v) is 5.45. The molecule has 1 heteroatoms. The summed E-state index contributed by atoms with van der Waals surface area (Å²) in [6.45, 7) is 6.64. The molecule has 1 aliphatic carbocycles. The van der Waals surface area contributed by atoms with Crippen LogP contribution >= 0.6 is 0 Å². The summed E-state index contributed by atoms with van der Waals surface area (Å²) < 4.78 is 0. The zero-order valence-corrected chi connectivity index (χ0v) is 11.2. The maximum atomic E-state index is 3.53. The Balaban J connectivity index is 1.93. The summed E-state index contributed by atoms with van der Waals surface area (Å²) in [5.41, 5.74) is 2.87. The van der Waals surface area contributed by atoms with Crippen LogP contribution in [0.2, 0.25) is 0 Å². The first-order chi connectivity index (χ1) is 8.29. The highest BCUT2D eigenvalue weighted by Crippen LogP contribution is 2.34. The molecule has 94 valence electrons. The van der Waals surface area contributed by atoms with Crippen LogP contribution in [-0.4, -0.2) is 13.1 Å². The summed E-state index contributed by atoms with van der Waals surface area (Å²) in [6, 6.07) is 9.07. The van der Waals surface area contributed by atoms with Gasteiger partial charge in [-0.25, -0.2) is 0 Å². The summed E-state index contributed by atoms with van der Waals surface area (Å²) in [5.74, 6) is 1.81. The molecule has 1 nitrogen and oxygen atoms in total. The van der Waals surface area contributed by atoms with Gasteiger partial charge in [0.25, 0.3) is 0 Å². The quantitative estimate of drug-likeness (QED) is 0.789. The lowest BCUT2D eigenvalue weighted by Crippen LogP contribution is -2.33. The predicted octanol–water partition coefficient (Wildman–Crippen LogP) is 3.56. The summed E-state index contributed by atoms with van der Waals surface area (Å²) in [4.78, 5) is 0. The van der Waals surface area contributed by atoms with Crippen molar-refractivity contribution in [2.75, 3.05) is 13.1 Å². The second kappa shape index (κ2) is 6.20. The molecule has 1 aliphatic rings. The Morgan fingerprint density at radius 1 is 1.24 bits per heavy atom. The van der Waals surface area contributed by atoms with Gasteiger partial charge in [-0.2, -0.15) is 0 Å². The largest absolute Gasteiger partial charge is 0.317 e. The van der Waals surface area contributed by atoms with Gasteiger partial charge in [0.2, 0.25) is 0 Å². The molecule has 0 aromatic heterocycles. The molecule has 1 aromatic carbocycles. The summed E-state index contributed by atoms with van der Waals surface area (Å²) in [6.07, 6.45) is 5.59. The van der Waals surface area contributed by atoms with Gasteiger partial charge in [0.15, 0.2) is 0 Å². The van der Waals surface area contributed by atoms with Crippen molar-refractivity contribution in [1.29, 1.82) is 0 Å². The molecule has 0 heterocycles. The molecule has 2 rings (SSSR count). The van der Waals surface area contributed by atoms with E-state index in [1.165, 1.54) is 43.4 Å². The molecule has 0 saturated heterocycles. The van der Waals surface area contributed by atoms with Gasteiger partial charge in [-0.15, -0.1) is 0 Å². The summed E-state index contributed by atoms with van der Waals surface area (Å²) in [7, 11) is 0.